The van der Waals surface area contributed by atoms with Gasteiger partial charge in [0.05, 0.1) is 25.4 Å². The Hall–Kier alpha value is -0.650. The number of hydrogen-bond acceptors (Lipinski definition) is 2. The monoisotopic (exact) mass is 410 g/mol. The van der Waals surface area contributed by atoms with E-state index in [4.69, 9.17) is 21.1 Å². The van der Waals surface area contributed by atoms with Gasteiger partial charge in [-0.05, 0) is 63.0 Å². The van der Waals surface area contributed by atoms with E-state index in [-0.39, 0.29) is 5.60 Å². The molecule has 1 aromatic rings. The second-order valence-corrected chi connectivity index (χ2v) is 9.59. The molecule has 28 heavy (non-hydrogen) atoms. The molecule has 5 heteroatoms. The van der Waals surface area contributed by atoms with Gasteiger partial charge in [0.2, 0.25) is 0 Å². The molecule has 2 atom stereocenters. The Bertz CT molecular complexity index is 590. The average Bonchev–Trinajstić information content (AvgIpc) is 2.68. The molecule has 0 bridgehead atoms. The maximum Gasteiger partial charge on any atom is 0.127 e. The van der Waals surface area contributed by atoms with Crippen molar-refractivity contribution in [1.29, 1.82) is 0 Å². The standard InChI is InChI=1S/C23H37ClN2O2/c1-23(2)18-21(8-14-28-23)19(17-20-5-3-4-6-22(20)24)7-9-25-10-11-26-12-15-27-16-13-26/h3-6,19,21,25H,7-18H2,1-2H3/p+2/t19-,21-/m1/s1. The molecule has 2 saturated heterocycles. The molecular formula is C23H39ClN2O2+2. The minimum Gasteiger partial charge on any atom is -0.376 e. The van der Waals surface area contributed by atoms with Crippen LogP contribution in [-0.2, 0) is 15.9 Å². The van der Waals surface area contributed by atoms with Crippen LogP contribution in [0.4, 0.5) is 0 Å². The highest BCUT2D eigenvalue weighted by Gasteiger charge is 2.33. The molecule has 0 unspecified atom stereocenters. The van der Waals surface area contributed by atoms with Gasteiger partial charge in [0.25, 0.3) is 0 Å². The highest BCUT2D eigenvalue weighted by atomic mass is 35.5. The molecule has 2 aliphatic heterocycles. The summed E-state index contributed by atoms with van der Waals surface area (Å²) in [4.78, 5) is 1.70. The molecule has 3 rings (SSSR count). The first-order valence-electron chi connectivity index (χ1n) is 11.1. The summed E-state index contributed by atoms with van der Waals surface area (Å²) in [5.74, 6) is 1.40. The molecule has 2 aliphatic rings. The predicted octanol–water partition coefficient (Wildman–Crippen LogP) is 1.57. The smallest absolute Gasteiger partial charge is 0.127 e. The van der Waals surface area contributed by atoms with Crippen molar-refractivity contribution in [2.24, 2.45) is 11.8 Å². The Labute approximate surface area is 175 Å². The third kappa shape index (κ3) is 7.00. The number of benzene rings is 1. The van der Waals surface area contributed by atoms with Gasteiger partial charge in [-0.15, -0.1) is 0 Å². The maximum absolute atomic E-state index is 6.49. The normalized spacial score (nSPS) is 24.2. The minimum atomic E-state index is 0.00502. The van der Waals surface area contributed by atoms with Gasteiger partial charge < -0.3 is 19.7 Å². The largest absolute Gasteiger partial charge is 0.376 e. The Balaban J connectivity index is 1.51. The molecule has 0 radical (unpaired) electrons. The summed E-state index contributed by atoms with van der Waals surface area (Å²) < 4.78 is 11.4. The molecule has 2 heterocycles. The number of halogens is 1. The second-order valence-electron chi connectivity index (χ2n) is 9.18. The highest BCUT2D eigenvalue weighted by Crippen LogP contribution is 2.36. The Kier molecular flexibility index (Phi) is 8.61. The third-order valence-corrected chi connectivity index (χ3v) is 6.85. The van der Waals surface area contributed by atoms with Gasteiger partial charge in [-0.25, -0.2) is 0 Å². The van der Waals surface area contributed by atoms with Crippen LogP contribution < -0.4 is 10.2 Å². The SMILES string of the molecule is CC1(C)C[C@H]([C@H](CC[NH2+]CC[NH+]2CCOCC2)Cc2ccccc2Cl)CCO1. The van der Waals surface area contributed by atoms with E-state index in [1.165, 1.54) is 51.1 Å². The van der Waals surface area contributed by atoms with Crippen LogP contribution in [-0.4, -0.2) is 58.1 Å². The second kappa shape index (κ2) is 10.9. The van der Waals surface area contributed by atoms with E-state index in [2.05, 4.69) is 31.3 Å². The fraction of sp³-hybridized carbons (Fsp3) is 0.739. The number of nitrogens with two attached hydrogens (primary N) is 1. The first-order chi connectivity index (χ1) is 13.5. The van der Waals surface area contributed by atoms with Gasteiger partial charge in [-0.1, -0.05) is 29.8 Å². The molecule has 3 N–H and O–H groups in total. The van der Waals surface area contributed by atoms with Crippen LogP contribution in [0.2, 0.25) is 5.02 Å². The van der Waals surface area contributed by atoms with Crippen molar-refractivity contribution < 1.29 is 19.7 Å². The van der Waals surface area contributed by atoms with Crippen LogP contribution in [0.15, 0.2) is 24.3 Å². The summed E-state index contributed by atoms with van der Waals surface area (Å²) >= 11 is 6.49. The van der Waals surface area contributed by atoms with Crippen molar-refractivity contribution in [2.45, 2.75) is 45.1 Å². The number of hydrogen-bond donors (Lipinski definition) is 2. The van der Waals surface area contributed by atoms with Crippen molar-refractivity contribution in [3.63, 3.8) is 0 Å². The third-order valence-electron chi connectivity index (χ3n) is 6.49. The van der Waals surface area contributed by atoms with Gasteiger partial charge in [-0.3, -0.25) is 0 Å². The number of morpholine rings is 1. The molecule has 158 valence electrons. The van der Waals surface area contributed by atoms with E-state index < -0.39 is 0 Å². The van der Waals surface area contributed by atoms with Crippen LogP contribution in [0.3, 0.4) is 0 Å². The fourth-order valence-electron chi connectivity index (χ4n) is 4.82. The molecule has 0 aliphatic carbocycles. The Morgan fingerprint density at radius 2 is 1.96 bits per heavy atom. The van der Waals surface area contributed by atoms with Crippen molar-refractivity contribution in [3.8, 4) is 0 Å². The molecule has 2 fully saturated rings. The lowest BCUT2D eigenvalue weighted by molar-refractivity contribution is -0.919. The zero-order chi connectivity index (χ0) is 19.8. The molecule has 4 nitrogen and oxygen atoms in total. The summed E-state index contributed by atoms with van der Waals surface area (Å²) in [7, 11) is 0. The Morgan fingerprint density at radius 1 is 1.18 bits per heavy atom. The van der Waals surface area contributed by atoms with Crippen LogP contribution in [0.1, 0.15) is 38.7 Å². The number of quaternary nitrogens is 2. The van der Waals surface area contributed by atoms with E-state index in [9.17, 15) is 0 Å². The van der Waals surface area contributed by atoms with E-state index in [1.807, 2.05) is 12.1 Å². The minimum absolute atomic E-state index is 0.00502. The van der Waals surface area contributed by atoms with Gasteiger partial charge in [0.15, 0.2) is 0 Å². The van der Waals surface area contributed by atoms with Crippen molar-refractivity contribution in [2.75, 3.05) is 52.5 Å². The van der Waals surface area contributed by atoms with E-state index in [1.54, 1.807) is 4.90 Å². The molecule has 1 aromatic carbocycles. The lowest BCUT2D eigenvalue weighted by Crippen LogP contribution is -3.16. The van der Waals surface area contributed by atoms with Gasteiger partial charge >= 0.3 is 0 Å². The summed E-state index contributed by atoms with van der Waals surface area (Å²) in [6.07, 6.45) is 4.67. The van der Waals surface area contributed by atoms with Crippen LogP contribution >= 0.6 is 11.6 Å². The Morgan fingerprint density at radius 3 is 2.71 bits per heavy atom. The lowest BCUT2D eigenvalue weighted by atomic mass is 9.75. The summed E-state index contributed by atoms with van der Waals surface area (Å²) in [5.41, 5.74) is 1.31. The molecule has 0 amide bonds. The molecule has 0 saturated carbocycles. The first kappa shape index (κ1) is 22.0. The average molecular weight is 411 g/mol. The van der Waals surface area contributed by atoms with Crippen molar-refractivity contribution >= 4 is 11.6 Å². The van der Waals surface area contributed by atoms with Crippen LogP contribution in [0, 0.1) is 11.8 Å². The van der Waals surface area contributed by atoms with Gasteiger partial charge in [-0.2, -0.15) is 0 Å². The lowest BCUT2D eigenvalue weighted by Gasteiger charge is -2.39. The topological polar surface area (TPSA) is 39.5 Å². The zero-order valence-electron chi connectivity index (χ0n) is 17.7. The van der Waals surface area contributed by atoms with E-state index >= 15 is 0 Å². The van der Waals surface area contributed by atoms with Gasteiger partial charge in [0, 0.05) is 11.6 Å². The zero-order valence-corrected chi connectivity index (χ0v) is 18.5. The molecule has 0 spiro atoms. The van der Waals surface area contributed by atoms with E-state index in [0.29, 0.717) is 5.92 Å². The first-order valence-corrected chi connectivity index (χ1v) is 11.5. The van der Waals surface area contributed by atoms with Gasteiger partial charge in [0.1, 0.15) is 26.2 Å². The fourth-order valence-corrected chi connectivity index (χ4v) is 5.04. The van der Waals surface area contributed by atoms with E-state index in [0.717, 1.165) is 43.6 Å². The van der Waals surface area contributed by atoms with Crippen molar-refractivity contribution in [3.05, 3.63) is 34.9 Å². The maximum atomic E-state index is 6.49. The predicted molar refractivity (Wildman–Crippen MR) is 114 cm³/mol. The quantitative estimate of drug-likeness (QED) is 0.606. The number of nitrogens with one attached hydrogen (secondary N) is 1. The summed E-state index contributed by atoms with van der Waals surface area (Å²) in [6.45, 7) is 13.2. The molecular weight excluding hydrogens is 372 g/mol. The van der Waals surface area contributed by atoms with Crippen LogP contribution in [0.5, 0.6) is 0 Å². The summed E-state index contributed by atoms with van der Waals surface area (Å²) in [5, 5.41) is 3.44. The summed E-state index contributed by atoms with van der Waals surface area (Å²) in [6, 6.07) is 8.37. The highest BCUT2D eigenvalue weighted by molar-refractivity contribution is 6.31. The number of rotatable bonds is 9. The molecule has 0 aromatic heterocycles. The van der Waals surface area contributed by atoms with Crippen LogP contribution in [0.25, 0.3) is 0 Å². The number of ether oxygens (including phenoxy) is 2. The van der Waals surface area contributed by atoms with Crippen molar-refractivity contribution in [1.82, 2.24) is 0 Å².